The molecule has 0 spiro atoms. The molecule has 0 N–H and O–H groups in total. The molecule has 1 heterocycles. The summed E-state index contributed by atoms with van der Waals surface area (Å²) in [5, 5.41) is 0. The minimum Gasteiger partial charge on any atom is -0.460 e. The van der Waals surface area contributed by atoms with Crippen molar-refractivity contribution in [1.29, 1.82) is 0 Å². The molecule has 2 rings (SSSR count). The number of hydrogen-bond donors (Lipinski definition) is 0. The van der Waals surface area contributed by atoms with Crippen molar-refractivity contribution in [3.63, 3.8) is 0 Å². The Morgan fingerprint density at radius 3 is 2.52 bits per heavy atom. The van der Waals surface area contributed by atoms with Gasteiger partial charge in [0.1, 0.15) is 0 Å². The van der Waals surface area contributed by atoms with E-state index in [1.54, 1.807) is 0 Å². The number of rotatable bonds is 5. The summed E-state index contributed by atoms with van der Waals surface area (Å²) >= 11 is 0. The molecule has 0 unspecified atom stereocenters. The van der Waals surface area contributed by atoms with E-state index < -0.39 is 29.2 Å². The zero-order valence-electron chi connectivity index (χ0n) is 11.7. The van der Waals surface area contributed by atoms with E-state index in [-0.39, 0.29) is 18.9 Å². The van der Waals surface area contributed by atoms with E-state index >= 15 is 0 Å². The molecule has 0 aliphatic heterocycles. The number of ether oxygens (including phenoxy) is 2. The largest absolute Gasteiger partial charge is 0.460 e. The van der Waals surface area contributed by atoms with E-state index in [1.165, 1.54) is 14.0 Å². The SMILES string of the molecule is CCOC(=O)c1oc(CC2(OC)CCC2)nc1C(F)(F)F. The molecule has 5 nitrogen and oxygen atoms in total. The molecule has 0 radical (unpaired) electrons. The third kappa shape index (κ3) is 3.20. The molecular weight excluding hydrogens is 291 g/mol. The number of aromatic nitrogens is 1. The van der Waals surface area contributed by atoms with Crippen LogP contribution >= 0.6 is 0 Å². The monoisotopic (exact) mass is 307 g/mol. The van der Waals surface area contributed by atoms with Gasteiger partial charge in [-0.2, -0.15) is 13.2 Å². The number of halogens is 3. The van der Waals surface area contributed by atoms with Crippen molar-refractivity contribution in [2.75, 3.05) is 13.7 Å². The predicted octanol–water partition coefficient (Wildman–Crippen LogP) is 2.98. The van der Waals surface area contributed by atoms with Crippen molar-refractivity contribution >= 4 is 5.97 Å². The van der Waals surface area contributed by atoms with E-state index in [0.29, 0.717) is 0 Å². The summed E-state index contributed by atoms with van der Waals surface area (Å²) in [5.74, 6) is -2.22. The molecule has 1 aromatic heterocycles. The predicted molar refractivity (Wildman–Crippen MR) is 64.8 cm³/mol. The molecular formula is C13H16F3NO4. The maximum absolute atomic E-state index is 12.9. The highest BCUT2D eigenvalue weighted by molar-refractivity contribution is 5.87. The van der Waals surface area contributed by atoms with Gasteiger partial charge >= 0.3 is 12.1 Å². The van der Waals surface area contributed by atoms with Crippen molar-refractivity contribution in [2.45, 2.75) is 44.4 Å². The third-order valence-corrected chi connectivity index (χ3v) is 3.57. The number of carbonyl (C=O) groups is 1. The molecule has 0 saturated heterocycles. The number of esters is 1. The van der Waals surface area contributed by atoms with Gasteiger partial charge in [-0.25, -0.2) is 9.78 Å². The standard InChI is InChI=1S/C13H16F3NO4/c1-3-20-11(18)9-10(13(14,15)16)17-8(21-9)7-12(19-2)5-4-6-12/h3-7H2,1-2H3. The second-order valence-corrected chi connectivity index (χ2v) is 4.92. The molecule has 0 amide bonds. The Balaban J connectivity index is 2.30. The zero-order chi connectivity index (χ0) is 15.7. The minimum atomic E-state index is -4.77. The molecule has 21 heavy (non-hydrogen) atoms. The first-order chi connectivity index (χ1) is 9.81. The van der Waals surface area contributed by atoms with E-state index in [1.807, 2.05) is 0 Å². The highest BCUT2D eigenvalue weighted by atomic mass is 19.4. The van der Waals surface area contributed by atoms with Crippen LogP contribution in [0, 0.1) is 0 Å². The average molecular weight is 307 g/mol. The average Bonchev–Trinajstić information content (AvgIpc) is 2.78. The number of alkyl halides is 3. The smallest absolute Gasteiger partial charge is 0.437 e. The van der Waals surface area contributed by atoms with Crippen LogP contribution in [0.3, 0.4) is 0 Å². The summed E-state index contributed by atoms with van der Waals surface area (Å²) in [7, 11) is 1.50. The molecule has 1 aliphatic rings. The van der Waals surface area contributed by atoms with Crippen LogP contribution in [-0.4, -0.2) is 30.3 Å². The summed E-state index contributed by atoms with van der Waals surface area (Å²) < 4.78 is 53.6. The van der Waals surface area contributed by atoms with Crippen LogP contribution in [0.5, 0.6) is 0 Å². The van der Waals surface area contributed by atoms with Gasteiger partial charge in [0.25, 0.3) is 0 Å². The maximum atomic E-state index is 12.9. The molecule has 118 valence electrons. The second kappa shape index (κ2) is 5.67. The van der Waals surface area contributed by atoms with Gasteiger partial charge in [0.2, 0.25) is 5.76 Å². The fourth-order valence-electron chi connectivity index (χ4n) is 2.27. The third-order valence-electron chi connectivity index (χ3n) is 3.57. The topological polar surface area (TPSA) is 61.6 Å². The van der Waals surface area contributed by atoms with Crippen LogP contribution in [-0.2, 0) is 22.1 Å². The lowest BCUT2D eigenvalue weighted by Gasteiger charge is -2.39. The Kier molecular flexibility index (Phi) is 4.27. The van der Waals surface area contributed by atoms with Crippen LogP contribution in [0.4, 0.5) is 13.2 Å². The lowest BCUT2D eigenvalue weighted by molar-refractivity contribution is -0.142. The van der Waals surface area contributed by atoms with Gasteiger partial charge in [-0.1, -0.05) is 0 Å². The highest BCUT2D eigenvalue weighted by Crippen LogP contribution is 2.39. The van der Waals surface area contributed by atoms with Gasteiger partial charge in [-0.3, -0.25) is 0 Å². The van der Waals surface area contributed by atoms with Crippen LogP contribution in [0.2, 0.25) is 0 Å². The Hall–Kier alpha value is -1.57. The number of hydrogen-bond acceptors (Lipinski definition) is 5. The van der Waals surface area contributed by atoms with Crippen LogP contribution in [0.15, 0.2) is 4.42 Å². The van der Waals surface area contributed by atoms with Gasteiger partial charge in [0.15, 0.2) is 11.6 Å². The summed E-state index contributed by atoms with van der Waals surface area (Å²) in [4.78, 5) is 15.0. The van der Waals surface area contributed by atoms with Crippen LogP contribution in [0.25, 0.3) is 0 Å². The number of carbonyl (C=O) groups excluding carboxylic acids is 1. The van der Waals surface area contributed by atoms with Gasteiger partial charge in [0, 0.05) is 7.11 Å². The quantitative estimate of drug-likeness (QED) is 0.783. The molecule has 0 atom stereocenters. The molecule has 0 bridgehead atoms. The molecule has 1 fully saturated rings. The van der Waals surface area contributed by atoms with Crippen molar-refractivity contribution < 1.29 is 31.9 Å². The summed E-state index contributed by atoms with van der Waals surface area (Å²) in [6, 6.07) is 0. The van der Waals surface area contributed by atoms with Crippen molar-refractivity contribution in [1.82, 2.24) is 4.98 Å². The number of methoxy groups -OCH3 is 1. The first-order valence-electron chi connectivity index (χ1n) is 6.60. The molecule has 1 aliphatic carbocycles. The number of nitrogens with zero attached hydrogens (tertiary/aromatic N) is 1. The lowest BCUT2D eigenvalue weighted by atomic mass is 9.77. The van der Waals surface area contributed by atoms with Gasteiger partial charge in [0.05, 0.1) is 18.6 Å². The van der Waals surface area contributed by atoms with E-state index in [9.17, 15) is 18.0 Å². The van der Waals surface area contributed by atoms with Gasteiger partial charge < -0.3 is 13.9 Å². The lowest BCUT2D eigenvalue weighted by Crippen LogP contribution is -2.41. The molecule has 1 saturated carbocycles. The highest BCUT2D eigenvalue weighted by Gasteiger charge is 2.44. The van der Waals surface area contributed by atoms with Crippen molar-refractivity contribution in [3.8, 4) is 0 Å². The first-order valence-corrected chi connectivity index (χ1v) is 6.60. The molecule has 0 aromatic carbocycles. The van der Waals surface area contributed by atoms with Gasteiger partial charge in [-0.05, 0) is 26.2 Å². The van der Waals surface area contributed by atoms with Crippen molar-refractivity contribution in [3.05, 3.63) is 17.3 Å². The first kappa shape index (κ1) is 15.8. The second-order valence-electron chi connectivity index (χ2n) is 4.92. The minimum absolute atomic E-state index is 0.0474. The normalized spacial score (nSPS) is 17.4. The number of oxazole rings is 1. The van der Waals surface area contributed by atoms with E-state index in [2.05, 4.69) is 9.72 Å². The fourth-order valence-corrected chi connectivity index (χ4v) is 2.27. The van der Waals surface area contributed by atoms with Crippen molar-refractivity contribution in [2.24, 2.45) is 0 Å². The Labute approximate surface area is 119 Å². The van der Waals surface area contributed by atoms with Gasteiger partial charge in [-0.15, -0.1) is 0 Å². The van der Waals surface area contributed by atoms with Crippen LogP contribution < -0.4 is 0 Å². The summed E-state index contributed by atoms with van der Waals surface area (Å²) in [5.41, 5.74) is -1.89. The van der Waals surface area contributed by atoms with E-state index in [0.717, 1.165) is 19.3 Å². The molecule has 8 heteroatoms. The zero-order valence-corrected chi connectivity index (χ0v) is 11.7. The summed E-state index contributed by atoms with van der Waals surface area (Å²) in [6.07, 6.45) is -2.29. The molecule has 1 aromatic rings. The Morgan fingerprint density at radius 2 is 2.10 bits per heavy atom. The Morgan fingerprint density at radius 1 is 1.43 bits per heavy atom. The van der Waals surface area contributed by atoms with E-state index in [4.69, 9.17) is 9.15 Å². The Bertz CT molecular complexity index is 514. The fraction of sp³-hybridized carbons (Fsp3) is 0.692. The van der Waals surface area contributed by atoms with Crippen LogP contribution in [0.1, 0.15) is 48.3 Å². The maximum Gasteiger partial charge on any atom is 0.437 e. The summed E-state index contributed by atoms with van der Waals surface area (Å²) in [6.45, 7) is 1.45.